The van der Waals surface area contributed by atoms with E-state index in [2.05, 4.69) is 66.7 Å². The smallest absolute Gasteiger partial charge is 0.144 e. The Hall–Kier alpha value is -3.13. The lowest BCUT2D eigenvalue weighted by molar-refractivity contribution is 0.114. The van der Waals surface area contributed by atoms with Gasteiger partial charge in [0.25, 0.3) is 0 Å². The topological polar surface area (TPSA) is 26.0 Å². The average molecular weight is 447 g/mol. The molecule has 0 radical (unpaired) electrons. The summed E-state index contributed by atoms with van der Waals surface area (Å²) in [4.78, 5) is 4.76. The lowest BCUT2D eigenvalue weighted by Crippen LogP contribution is -2.29. The number of nitrogens with zero attached hydrogens (tertiary/aromatic N) is 1. The predicted molar refractivity (Wildman–Crippen MR) is 141 cm³/mol. The number of furan rings is 1. The van der Waals surface area contributed by atoms with Crippen molar-refractivity contribution in [2.45, 2.75) is 63.7 Å². The normalized spacial score (nSPS) is 20.2. The van der Waals surface area contributed by atoms with Gasteiger partial charge < -0.3 is 4.42 Å². The maximum atomic E-state index is 9.41. The number of pyridine rings is 1. The number of hydrogen-bond donors (Lipinski definition) is 0. The van der Waals surface area contributed by atoms with Gasteiger partial charge in [0, 0.05) is 29.3 Å². The Balaban J connectivity index is 1.29. The molecule has 2 aliphatic carbocycles. The van der Waals surface area contributed by atoms with Crippen LogP contribution < -0.4 is 0 Å². The van der Waals surface area contributed by atoms with Gasteiger partial charge in [-0.1, -0.05) is 61.7 Å². The molecule has 7 rings (SSSR count). The van der Waals surface area contributed by atoms with Gasteiger partial charge in [0.2, 0.25) is 0 Å². The van der Waals surface area contributed by atoms with Crippen molar-refractivity contribution in [3.8, 4) is 11.3 Å². The molecule has 170 valence electrons. The number of hydrogen-bond acceptors (Lipinski definition) is 2. The van der Waals surface area contributed by atoms with Crippen LogP contribution >= 0.6 is 0 Å². The Labute approximate surface area is 202 Å². The minimum absolute atomic E-state index is 0.515. The molecule has 1 spiro atoms. The first-order chi connectivity index (χ1) is 17.1. The molecule has 34 heavy (non-hydrogen) atoms. The molecule has 2 aromatic heterocycles. The van der Waals surface area contributed by atoms with Crippen LogP contribution in [-0.4, -0.2) is 4.98 Å². The van der Waals surface area contributed by atoms with E-state index in [9.17, 15) is 1.37 Å². The minimum Gasteiger partial charge on any atom is -0.455 e. The fourth-order valence-corrected chi connectivity index (χ4v) is 6.70. The first kappa shape index (κ1) is 19.2. The molecule has 2 fully saturated rings. The van der Waals surface area contributed by atoms with Gasteiger partial charge in [-0.25, -0.2) is 0 Å². The van der Waals surface area contributed by atoms with Gasteiger partial charge >= 0.3 is 0 Å². The largest absolute Gasteiger partial charge is 0.455 e. The van der Waals surface area contributed by atoms with Crippen LogP contribution in [0.15, 0.2) is 77.3 Å². The summed E-state index contributed by atoms with van der Waals surface area (Å²) in [7, 11) is 0. The van der Waals surface area contributed by atoms with E-state index in [-0.39, 0.29) is 0 Å². The highest BCUT2D eigenvalue weighted by Gasteiger charge is 2.36. The van der Waals surface area contributed by atoms with Crippen LogP contribution in [0.2, 0.25) is 0 Å². The van der Waals surface area contributed by atoms with Crippen LogP contribution in [0.25, 0.3) is 44.0 Å². The van der Waals surface area contributed by atoms with Gasteiger partial charge in [-0.05, 0) is 85.0 Å². The zero-order valence-electron chi connectivity index (χ0n) is 20.6. The number of para-hydroxylation sites is 1. The molecule has 2 nitrogen and oxygen atoms in total. The molecule has 3 aromatic carbocycles. The molecule has 2 saturated carbocycles. The van der Waals surface area contributed by atoms with E-state index in [4.69, 9.17) is 9.40 Å². The first-order valence-corrected chi connectivity index (χ1v) is 12.9. The van der Waals surface area contributed by atoms with Crippen LogP contribution in [0.4, 0.5) is 0 Å². The van der Waals surface area contributed by atoms with Gasteiger partial charge in [0.05, 0.1) is 5.69 Å². The number of rotatable bonds is 2. The van der Waals surface area contributed by atoms with Crippen LogP contribution in [0, 0.1) is 5.41 Å². The fourth-order valence-electron chi connectivity index (χ4n) is 6.70. The highest BCUT2D eigenvalue weighted by molar-refractivity contribution is 6.17. The van der Waals surface area contributed by atoms with Crippen LogP contribution in [0.1, 0.15) is 70.6 Å². The van der Waals surface area contributed by atoms with E-state index in [0.29, 0.717) is 5.41 Å². The molecule has 0 atom stereocenters. The van der Waals surface area contributed by atoms with E-state index < -0.39 is 5.89 Å². The Morgan fingerprint density at radius 2 is 1.56 bits per heavy atom. The first-order valence-electron chi connectivity index (χ1n) is 13.4. The van der Waals surface area contributed by atoms with Gasteiger partial charge in [0.1, 0.15) is 11.2 Å². The Morgan fingerprint density at radius 3 is 2.44 bits per heavy atom. The Bertz CT molecular complexity index is 1550. The van der Waals surface area contributed by atoms with E-state index >= 15 is 0 Å². The fraction of sp³-hybridized carbons (Fsp3) is 0.344. The quantitative estimate of drug-likeness (QED) is 0.270. The number of fused-ring (bicyclic) bond motifs is 5. The summed E-state index contributed by atoms with van der Waals surface area (Å²) in [6.07, 6.45) is 13.1. The molecule has 2 aliphatic rings. The van der Waals surface area contributed by atoms with Crippen LogP contribution in [0.3, 0.4) is 0 Å². The highest BCUT2D eigenvalue weighted by Crippen LogP contribution is 2.51. The maximum Gasteiger partial charge on any atom is 0.144 e. The second-order valence-corrected chi connectivity index (χ2v) is 10.5. The van der Waals surface area contributed by atoms with Crippen molar-refractivity contribution in [3.05, 3.63) is 78.5 Å². The molecule has 2 heterocycles. The van der Waals surface area contributed by atoms with Crippen molar-refractivity contribution in [3.63, 3.8) is 0 Å². The molecule has 0 aliphatic heterocycles. The van der Waals surface area contributed by atoms with Crippen LogP contribution in [-0.2, 0) is 0 Å². The average Bonchev–Trinajstić information content (AvgIpc) is 3.31. The second-order valence-electron chi connectivity index (χ2n) is 10.5. The second kappa shape index (κ2) is 7.98. The molecule has 5 aromatic rings. The minimum atomic E-state index is -0.516. The SMILES string of the molecule is [2H]C1(c2ccnc(-c3cccc4c3oc3c5ccccc5ccc43)c2)CCC2(CCCCC2)CC1. The van der Waals surface area contributed by atoms with Crippen molar-refractivity contribution in [1.82, 2.24) is 4.98 Å². The summed E-state index contributed by atoms with van der Waals surface area (Å²) in [6.45, 7) is 0. The predicted octanol–water partition coefficient (Wildman–Crippen LogP) is 9.41. The van der Waals surface area contributed by atoms with E-state index in [0.717, 1.165) is 57.0 Å². The zero-order chi connectivity index (χ0) is 23.5. The lowest BCUT2D eigenvalue weighted by atomic mass is 9.62. The maximum absolute atomic E-state index is 9.41. The monoisotopic (exact) mass is 446 g/mol. The molecular weight excluding hydrogens is 414 g/mol. The van der Waals surface area contributed by atoms with Crippen molar-refractivity contribution in [2.75, 3.05) is 0 Å². The standard InChI is InChI=1S/C32H31NO/c1-4-16-32(17-5-1)18-13-22(14-19-32)24-15-20-33-29(21-24)28-10-6-9-26-27-12-11-23-7-2-3-8-25(23)30(27)34-31(26)28/h2-3,6-12,15,20-22H,1,4-5,13-14,16-19H2/i22D. The summed E-state index contributed by atoms with van der Waals surface area (Å²) in [6, 6.07) is 23.3. The lowest BCUT2D eigenvalue weighted by Gasteiger charge is -2.43. The molecule has 0 unspecified atom stereocenters. The third kappa shape index (κ3) is 3.27. The number of aromatic nitrogens is 1. The highest BCUT2D eigenvalue weighted by atomic mass is 16.3. The van der Waals surface area contributed by atoms with Crippen molar-refractivity contribution >= 4 is 32.7 Å². The summed E-state index contributed by atoms with van der Waals surface area (Å²) in [5.74, 6) is -0.516. The molecule has 0 N–H and O–H groups in total. The van der Waals surface area contributed by atoms with E-state index in [1.807, 2.05) is 6.20 Å². The van der Waals surface area contributed by atoms with E-state index in [1.165, 1.54) is 50.3 Å². The molecule has 0 bridgehead atoms. The molecule has 2 heteroatoms. The summed E-state index contributed by atoms with van der Waals surface area (Å²) < 4.78 is 16.0. The van der Waals surface area contributed by atoms with Gasteiger partial charge in [-0.2, -0.15) is 0 Å². The molecule has 0 amide bonds. The van der Waals surface area contributed by atoms with Crippen molar-refractivity contribution in [1.29, 1.82) is 0 Å². The number of benzene rings is 3. The third-order valence-electron chi connectivity index (χ3n) is 8.66. The van der Waals surface area contributed by atoms with Crippen molar-refractivity contribution in [2.24, 2.45) is 5.41 Å². The van der Waals surface area contributed by atoms with Gasteiger partial charge in [0.15, 0.2) is 0 Å². The van der Waals surface area contributed by atoms with Crippen molar-refractivity contribution < 1.29 is 5.79 Å². The molecular formula is C32H31NO. The van der Waals surface area contributed by atoms with E-state index in [1.54, 1.807) is 0 Å². The zero-order valence-corrected chi connectivity index (χ0v) is 19.6. The van der Waals surface area contributed by atoms with Crippen LogP contribution in [0.5, 0.6) is 0 Å². The summed E-state index contributed by atoms with van der Waals surface area (Å²) in [5, 5.41) is 4.58. The molecule has 0 saturated heterocycles. The summed E-state index contributed by atoms with van der Waals surface area (Å²) >= 11 is 0. The summed E-state index contributed by atoms with van der Waals surface area (Å²) in [5.41, 5.74) is 5.35. The third-order valence-corrected chi connectivity index (χ3v) is 8.66. The van der Waals surface area contributed by atoms with Gasteiger partial charge in [-0.15, -0.1) is 0 Å². The van der Waals surface area contributed by atoms with Gasteiger partial charge in [-0.3, -0.25) is 4.98 Å². The Morgan fingerprint density at radius 1 is 0.765 bits per heavy atom. The Kier molecular flexibility index (Phi) is 4.51.